The Kier molecular flexibility index (Phi) is 2.15. The molecule has 0 fully saturated rings. The Morgan fingerprint density at radius 3 is 2.70 bits per heavy atom. The van der Waals surface area contributed by atoms with Crippen LogP contribution in [0.3, 0.4) is 0 Å². The van der Waals surface area contributed by atoms with Crippen LogP contribution in [-0.2, 0) is 9.59 Å². The molecule has 52 valence electrons. The van der Waals surface area contributed by atoms with Crippen molar-refractivity contribution in [3.63, 3.8) is 0 Å². The third-order valence-electron chi connectivity index (χ3n) is 1.40. The maximum atomic E-state index is 10.6. The van der Waals surface area contributed by atoms with Gasteiger partial charge in [-0.1, -0.05) is 6.08 Å². The van der Waals surface area contributed by atoms with E-state index in [1.165, 1.54) is 6.08 Å². The molecule has 0 atom stereocenters. The Hall–Kier alpha value is -1.18. The maximum Gasteiger partial charge on any atom is 0.156 e. The van der Waals surface area contributed by atoms with Crippen LogP contribution < -0.4 is 0 Å². The number of carbonyl (C=O) groups is 2. The average molecular weight is 136 g/mol. The Labute approximate surface area is 59.2 Å². The molecule has 0 aromatic heterocycles. The molecule has 0 aromatic carbocycles. The summed E-state index contributed by atoms with van der Waals surface area (Å²) in [6.45, 7) is 0. The van der Waals surface area contributed by atoms with Gasteiger partial charge in [-0.15, -0.1) is 0 Å². The number of allylic oxidation sites excluding steroid dienone is 4. The summed E-state index contributed by atoms with van der Waals surface area (Å²) in [7, 11) is 0. The fourth-order valence-electron chi connectivity index (χ4n) is 0.913. The van der Waals surface area contributed by atoms with E-state index in [0.29, 0.717) is 12.7 Å². The number of rotatable bonds is 2. The molecule has 0 saturated heterocycles. The van der Waals surface area contributed by atoms with Gasteiger partial charge in [0.2, 0.25) is 0 Å². The van der Waals surface area contributed by atoms with Crippen LogP contribution in [-0.4, -0.2) is 12.1 Å². The van der Waals surface area contributed by atoms with Crippen molar-refractivity contribution in [3.8, 4) is 0 Å². The highest BCUT2D eigenvalue weighted by Gasteiger charge is 2.08. The Bertz CT molecular complexity index is 211. The summed E-state index contributed by atoms with van der Waals surface area (Å²) in [5.41, 5.74) is 0.956. The zero-order valence-corrected chi connectivity index (χ0v) is 5.54. The van der Waals surface area contributed by atoms with Crippen LogP contribution in [0.5, 0.6) is 0 Å². The topological polar surface area (TPSA) is 34.1 Å². The van der Waals surface area contributed by atoms with Crippen molar-refractivity contribution in [2.75, 3.05) is 0 Å². The van der Waals surface area contributed by atoms with Crippen molar-refractivity contribution < 1.29 is 9.59 Å². The molecule has 0 aromatic rings. The molecule has 1 aliphatic rings. The summed E-state index contributed by atoms with van der Waals surface area (Å²) in [6.07, 6.45) is 6.76. The lowest BCUT2D eigenvalue weighted by atomic mass is 10.2. The first kappa shape index (κ1) is 6.93. The minimum Gasteiger partial charge on any atom is -0.299 e. The Balaban J connectivity index is 2.58. The minimum absolute atomic E-state index is 0.158. The summed E-state index contributed by atoms with van der Waals surface area (Å²) < 4.78 is 0. The van der Waals surface area contributed by atoms with Crippen molar-refractivity contribution in [2.24, 2.45) is 0 Å². The molecule has 1 rings (SSSR count). The van der Waals surface area contributed by atoms with E-state index < -0.39 is 0 Å². The second-order valence-corrected chi connectivity index (χ2v) is 2.18. The molecule has 1 aliphatic carbocycles. The van der Waals surface area contributed by atoms with Gasteiger partial charge in [-0.2, -0.15) is 0 Å². The van der Waals surface area contributed by atoms with Gasteiger partial charge in [0.15, 0.2) is 5.78 Å². The minimum atomic E-state index is 0.158. The lowest BCUT2D eigenvalue weighted by molar-refractivity contribution is -0.114. The van der Waals surface area contributed by atoms with Crippen LogP contribution in [0.2, 0.25) is 0 Å². The predicted octanol–water partition coefficient (Wildman–Crippen LogP) is 1.03. The fraction of sp³-hybridized carbons (Fsp3) is 0.250. The summed E-state index contributed by atoms with van der Waals surface area (Å²) >= 11 is 0. The number of ketones is 1. The monoisotopic (exact) mass is 136 g/mol. The molecule has 0 N–H and O–H groups in total. The van der Waals surface area contributed by atoms with Crippen molar-refractivity contribution >= 4 is 12.1 Å². The second-order valence-electron chi connectivity index (χ2n) is 2.18. The summed E-state index contributed by atoms with van der Waals surface area (Å²) in [5.74, 6) is 0.158. The number of hydrogen-bond donors (Lipinski definition) is 0. The molecule has 0 amide bonds. The highest BCUT2D eigenvalue weighted by atomic mass is 16.1. The van der Waals surface area contributed by atoms with E-state index in [9.17, 15) is 9.59 Å². The molecule has 0 bridgehead atoms. The molecule has 0 aliphatic heterocycles. The van der Waals surface area contributed by atoms with E-state index in [1.54, 1.807) is 12.2 Å². The molecule has 10 heavy (non-hydrogen) atoms. The Morgan fingerprint density at radius 2 is 2.20 bits per heavy atom. The van der Waals surface area contributed by atoms with E-state index in [4.69, 9.17) is 0 Å². The molecule has 0 spiro atoms. The first-order valence-corrected chi connectivity index (χ1v) is 3.18. The predicted molar refractivity (Wildman–Crippen MR) is 37.5 cm³/mol. The number of hydrogen-bond acceptors (Lipinski definition) is 2. The van der Waals surface area contributed by atoms with Crippen molar-refractivity contribution in [1.82, 2.24) is 0 Å². The third kappa shape index (κ3) is 1.65. The standard InChI is InChI=1S/C8H8O2/c9-5-1-2-7-3-4-8(10)6-7/h1-2,5-6H,3-4H2/b2-1-. The summed E-state index contributed by atoms with van der Waals surface area (Å²) in [5, 5.41) is 0. The van der Waals surface area contributed by atoms with E-state index in [1.807, 2.05) is 0 Å². The highest BCUT2D eigenvalue weighted by molar-refractivity contribution is 5.93. The van der Waals surface area contributed by atoms with Crippen LogP contribution in [0.15, 0.2) is 23.8 Å². The van der Waals surface area contributed by atoms with Crippen LogP contribution in [0, 0.1) is 0 Å². The maximum absolute atomic E-state index is 10.6. The van der Waals surface area contributed by atoms with Gasteiger partial charge in [0, 0.05) is 6.42 Å². The first-order valence-electron chi connectivity index (χ1n) is 3.18. The summed E-state index contributed by atoms with van der Waals surface area (Å²) in [4.78, 5) is 20.5. The average Bonchev–Trinajstić information content (AvgIpc) is 2.31. The van der Waals surface area contributed by atoms with E-state index in [2.05, 4.69) is 0 Å². The first-order chi connectivity index (χ1) is 4.83. The molecule has 0 saturated carbocycles. The van der Waals surface area contributed by atoms with Crippen molar-refractivity contribution in [3.05, 3.63) is 23.8 Å². The normalized spacial score (nSPS) is 18.0. The fourth-order valence-corrected chi connectivity index (χ4v) is 0.913. The van der Waals surface area contributed by atoms with Crippen molar-refractivity contribution in [1.29, 1.82) is 0 Å². The van der Waals surface area contributed by atoms with Crippen LogP contribution in [0.4, 0.5) is 0 Å². The second kappa shape index (κ2) is 3.11. The van der Waals surface area contributed by atoms with E-state index in [0.717, 1.165) is 12.0 Å². The highest BCUT2D eigenvalue weighted by Crippen LogP contribution is 2.15. The van der Waals surface area contributed by atoms with Gasteiger partial charge in [-0.25, -0.2) is 0 Å². The smallest absolute Gasteiger partial charge is 0.156 e. The lowest BCUT2D eigenvalue weighted by Gasteiger charge is -1.84. The lowest BCUT2D eigenvalue weighted by Crippen LogP contribution is -1.80. The van der Waals surface area contributed by atoms with Gasteiger partial charge in [0.1, 0.15) is 6.29 Å². The van der Waals surface area contributed by atoms with Gasteiger partial charge < -0.3 is 0 Å². The van der Waals surface area contributed by atoms with Crippen LogP contribution in [0.1, 0.15) is 12.8 Å². The van der Waals surface area contributed by atoms with Gasteiger partial charge in [-0.05, 0) is 24.1 Å². The number of aldehydes is 1. The van der Waals surface area contributed by atoms with Crippen molar-refractivity contribution in [2.45, 2.75) is 12.8 Å². The number of carbonyl (C=O) groups excluding carboxylic acids is 2. The molecular weight excluding hydrogens is 128 g/mol. The zero-order valence-electron chi connectivity index (χ0n) is 5.54. The van der Waals surface area contributed by atoms with Gasteiger partial charge in [0.25, 0.3) is 0 Å². The van der Waals surface area contributed by atoms with Gasteiger partial charge >= 0.3 is 0 Å². The van der Waals surface area contributed by atoms with Gasteiger partial charge in [-0.3, -0.25) is 9.59 Å². The molecule has 0 unspecified atom stereocenters. The summed E-state index contributed by atoms with van der Waals surface area (Å²) in [6, 6.07) is 0. The molecular formula is C8H8O2. The zero-order chi connectivity index (χ0) is 7.40. The van der Waals surface area contributed by atoms with Crippen LogP contribution in [0.25, 0.3) is 0 Å². The van der Waals surface area contributed by atoms with E-state index in [-0.39, 0.29) is 5.78 Å². The van der Waals surface area contributed by atoms with Crippen LogP contribution >= 0.6 is 0 Å². The quantitative estimate of drug-likeness (QED) is 0.419. The molecule has 0 radical (unpaired) electrons. The largest absolute Gasteiger partial charge is 0.299 e. The van der Waals surface area contributed by atoms with Gasteiger partial charge in [0.05, 0.1) is 0 Å². The third-order valence-corrected chi connectivity index (χ3v) is 1.40. The molecule has 2 nitrogen and oxygen atoms in total. The Morgan fingerprint density at radius 1 is 1.40 bits per heavy atom. The SMILES string of the molecule is O=C/C=C\C1=CC(=O)CC1. The molecule has 0 heterocycles. The van der Waals surface area contributed by atoms with E-state index >= 15 is 0 Å². The molecule has 2 heteroatoms.